The van der Waals surface area contributed by atoms with Gasteiger partial charge in [0.05, 0.1) is 11.1 Å². The highest BCUT2D eigenvalue weighted by Crippen LogP contribution is 2.41. The van der Waals surface area contributed by atoms with Crippen molar-refractivity contribution >= 4 is 35.5 Å². The maximum absolute atomic E-state index is 13.4. The second-order valence-corrected chi connectivity index (χ2v) is 7.48. The third-order valence-corrected chi connectivity index (χ3v) is 4.75. The van der Waals surface area contributed by atoms with E-state index in [0.29, 0.717) is 24.0 Å². The van der Waals surface area contributed by atoms with Crippen LogP contribution in [0.3, 0.4) is 0 Å². The fraction of sp³-hybridized carbons (Fsp3) is 0.350. The minimum atomic E-state index is -4.89. The van der Waals surface area contributed by atoms with Crippen LogP contribution in [0.4, 0.5) is 18.9 Å². The topological polar surface area (TPSA) is 137 Å². The number of rotatable bonds is 6. The summed E-state index contributed by atoms with van der Waals surface area (Å²) in [7, 11) is 2.50. The number of phenols is 1. The molecule has 180 valence electrons. The van der Waals surface area contributed by atoms with E-state index in [4.69, 9.17) is 10.2 Å². The average Bonchev–Trinajstić information content (AvgIpc) is 3.16. The van der Waals surface area contributed by atoms with E-state index in [1.165, 1.54) is 14.1 Å². The molecule has 9 nitrogen and oxygen atoms in total. The number of amidine groups is 2. The van der Waals surface area contributed by atoms with Crippen molar-refractivity contribution in [2.24, 2.45) is 15.7 Å². The number of hydrogen-bond acceptors (Lipinski definition) is 7. The van der Waals surface area contributed by atoms with Crippen molar-refractivity contribution in [1.82, 2.24) is 9.62 Å². The number of alkyl halides is 3. The number of carbonyl (C=O) groups excluding carboxylic acids is 1. The Morgan fingerprint density at radius 1 is 1.30 bits per heavy atom. The second-order valence-electron chi connectivity index (χ2n) is 7.09. The minimum absolute atomic E-state index is 0.108. The molecule has 13 heteroatoms. The van der Waals surface area contributed by atoms with Gasteiger partial charge in [-0.25, -0.2) is 4.99 Å². The fourth-order valence-corrected chi connectivity index (χ4v) is 3.11. The lowest BCUT2D eigenvalue weighted by molar-refractivity contribution is -0.138. The van der Waals surface area contributed by atoms with E-state index in [1.54, 1.807) is 19.1 Å². The van der Waals surface area contributed by atoms with Crippen LogP contribution < -0.4 is 10.5 Å². The van der Waals surface area contributed by atoms with Gasteiger partial charge >= 0.3 is 6.18 Å². The van der Waals surface area contributed by atoms with Crippen LogP contribution in [0.15, 0.2) is 38.7 Å². The Morgan fingerprint density at radius 2 is 1.97 bits per heavy atom. The summed E-state index contributed by atoms with van der Waals surface area (Å²) in [5, 5.41) is 10.5. The monoisotopic (exact) mass is 487 g/mol. The Balaban J connectivity index is 2.58. The number of halogens is 3. The summed E-state index contributed by atoms with van der Waals surface area (Å²) >= 11 is 0.179. The van der Waals surface area contributed by atoms with Crippen LogP contribution in [0.5, 0.6) is 5.75 Å². The number of aliphatic imine (C=N–C) groups is 2. The molecule has 5 N–H and O–H groups in total. The minimum Gasteiger partial charge on any atom is -0.505 e. The van der Waals surface area contributed by atoms with Gasteiger partial charge in [0.2, 0.25) is 0 Å². The molecule has 0 unspecified atom stereocenters. The zero-order valence-electron chi connectivity index (χ0n) is 18.3. The Bertz CT molecular complexity index is 1070. The zero-order chi connectivity index (χ0) is 24.9. The smallest absolute Gasteiger partial charge is 0.417 e. The summed E-state index contributed by atoms with van der Waals surface area (Å²) < 4.78 is 57.5. The molecule has 0 saturated carbocycles. The number of hydrogen-bond donors (Lipinski definition) is 4. The zero-order valence-corrected chi connectivity index (χ0v) is 19.1. The van der Waals surface area contributed by atoms with Crippen LogP contribution in [-0.4, -0.2) is 46.2 Å². The van der Waals surface area contributed by atoms with Gasteiger partial charge in [0.1, 0.15) is 35.5 Å². The fourth-order valence-electron chi connectivity index (χ4n) is 2.86. The first-order valence-corrected chi connectivity index (χ1v) is 10.4. The van der Waals surface area contributed by atoms with Gasteiger partial charge < -0.3 is 24.7 Å². The van der Waals surface area contributed by atoms with Crippen molar-refractivity contribution < 1.29 is 32.0 Å². The molecular weight excluding hydrogens is 463 g/mol. The molecule has 1 amide bonds. The average molecular weight is 488 g/mol. The van der Waals surface area contributed by atoms with E-state index in [2.05, 4.69) is 14.7 Å². The third kappa shape index (κ3) is 6.20. The van der Waals surface area contributed by atoms with Crippen molar-refractivity contribution in [2.75, 3.05) is 14.1 Å². The van der Waals surface area contributed by atoms with Crippen LogP contribution in [0.25, 0.3) is 0 Å². The number of furan rings is 1. The lowest BCUT2D eigenvalue weighted by Crippen LogP contribution is -2.33. The Labute approximate surface area is 192 Å². The van der Waals surface area contributed by atoms with Crippen molar-refractivity contribution in [3.05, 3.63) is 46.9 Å². The lowest BCUT2D eigenvalue weighted by Gasteiger charge is -2.18. The first-order chi connectivity index (χ1) is 15.4. The summed E-state index contributed by atoms with van der Waals surface area (Å²) in [6.07, 6.45) is -4.39. The lowest BCUT2D eigenvalue weighted by atomic mass is 10.0. The molecule has 1 aromatic carbocycles. The van der Waals surface area contributed by atoms with Crippen molar-refractivity contribution in [3.63, 3.8) is 0 Å². The molecule has 0 spiro atoms. The van der Waals surface area contributed by atoms with E-state index >= 15 is 0 Å². The van der Waals surface area contributed by atoms with Crippen molar-refractivity contribution in [1.29, 1.82) is 0 Å². The summed E-state index contributed by atoms with van der Waals surface area (Å²) in [6.45, 7) is 3.60. The van der Waals surface area contributed by atoms with Crippen LogP contribution in [0, 0.1) is 6.92 Å². The molecule has 2 aromatic rings. The number of benzene rings is 1. The van der Waals surface area contributed by atoms with Crippen LogP contribution in [0.1, 0.15) is 46.8 Å². The SMILES string of the molecule is CC[C@@H](N=C(NSO)C(N)=Nc1ccc(C(F)(F)F)c(C(=O)N(C)C)c1O)c1ccc(C)o1. The number of nitrogens with one attached hydrogen (secondary N) is 1. The number of aryl methyl sites for hydroxylation is 1. The quantitative estimate of drug-likeness (QED) is 0.207. The third-order valence-electron chi connectivity index (χ3n) is 4.47. The summed E-state index contributed by atoms with van der Waals surface area (Å²) in [5.74, 6) is -1.32. The second kappa shape index (κ2) is 10.6. The number of aromatic hydroxyl groups is 1. The number of amides is 1. The molecule has 0 radical (unpaired) electrons. The number of carbonyl (C=O) groups is 1. The van der Waals surface area contributed by atoms with Gasteiger partial charge in [-0.1, -0.05) is 6.92 Å². The Morgan fingerprint density at radius 3 is 2.45 bits per heavy atom. The first kappa shape index (κ1) is 26.1. The predicted octanol–water partition coefficient (Wildman–Crippen LogP) is 4.26. The highest BCUT2D eigenvalue weighted by Gasteiger charge is 2.38. The highest BCUT2D eigenvalue weighted by molar-refractivity contribution is 7.92. The Kier molecular flexibility index (Phi) is 8.39. The van der Waals surface area contributed by atoms with E-state index in [-0.39, 0.29) is 29.6 Å². The highest BCUT2D eigenvalue weighted by atomic mass is 32.2. The molecule has 1 atom stereocenters. The molecule has 0 bridgehead atoms. The van der Waals surface area contributed by atoms with E-state index in [9.17, 15) is 27.6 Å². The van der Waals surface area contributed by atoms with Crippen molar-refractivity contribution in [2.45, 2.75) is 32.5 Å². The van der Waals surface area contributed by atoms with Crippen LogP contribution in [-0.2, 0) is 6.18 Å². The van der Waals surface area contributed by atoms with Gasteiger partial charge in [0.15, 0.2) is 17.4 Å². The van der Waals surface area contributed by atoms with E-state index in [1.807, 2.05) is 6.92 Å². The first-order valence-electron chi connectivity index (χ1n) is 9.60. The summed E-state index contributed by atoms with van der Waals surface area (Å²) in [6, 6.07) is 4.49. The van der Waals surface area contributed by atoms with Crippen molar-refractivity contribution in [3.8, 4) is 5.75 Å². The molecule has 1 heterocycles. The summed E-state index contributed by atoms with van der Waals surface area (Å²) in [4.78, 5) is 21.6. The van der Waals surface area contributed by atoms with Gasteiger partial charge in [-0.2, -0.15) is 13.2 Å². The van der Waals surface area contributed by atoms with Gasteiger partial charge in [0.25, 0.3) is 5.91 Å². The largest absolute Gasteiger partial charge is 0.505 e. The standard InChI is InChI=1S/C20H24F3N5O4S/c1-5-12(14-9-6-10(2)32-14)26-18(27-33-31)17(24)25-13-8-7-11(20(21,22)23)15(16(13)29)19(30)28(3)4/h6-9,12,29,31H,5H2,1-4H3,(H2,24,25)(H,26,27)/t12-/m1/s1. The number of nitrogens with two attached hydrogens (primary N) is 1. The summed E-state index contributed by atoms with van der Waals surface area (Å²) in [5.41, 5.74) is 3.32. The molecule has 1 aromatic heterocycles. The predicted molar refractivity (Wildman–Crippen MR) is 120 cm³/mol. The molecule has 2 rings (SSSR count). The van der Waals surface area contributed by atoms with Crippen LogP contribution >= 0.6 is 12.2 Å². The van der Waals surface area contributed by atoms with E-state index in [0.717, 1.165) is 11.0 Å². The normalized spacial score (nSPS) is 13.7. The molecular formula is C20H24F3N5O4S. The Hall–Kier alpha value is -3.19. The van der Waals surface area contributed by atoms with Gasteiger partial charge in [-0.05, 0) is 37.6 Å². The molecule has 0 aliphatic heterocycles. The molecule has 0 saturated heterocycles. The molecule has 33 heavy (non-hydrogen) atoms. The number of nitrogens with zero attached hydrogens (tertiary/aromatic N) is 3. The van der Waals surface area contributed by atoms with Gasteiger partial charge in [0, 0.05) is 14.1 Å². The van der Waals surface area contributed by atoms with E-state index < -0.39 is 35.0 Å². The molecule has 0 aliphatic rings. The molecule has 0 aliphatic carbocycles. The van der Waals surface area contributed by atoms with Gasteiger partial charge in [-0.15, -0.1) is 0 Å². The maximum Gasteiger partial charge on any atom is 0.417 e. The van der Waals surface area contributed by atoms with Crippen LogP contribution in [0.2, 0.25) is 0 Å². The van der Waals surface area contributed by atoms with Gasteiger partial charge in [-0.3, -0.25) is 14.5 Å². The molecule has 0 fully saturated rings. The number of phenolic OH excluding ortho intramolecular Hbond substituents is 1. The maximum atomic E-state index is 13.4.